The lowest BCUT2D eigenvalue weighted by molar-refractivity contribution is -0.127. The van der Waals surface area contributed by atoms with Crippen LogP contribution in [0.1, 0.15) is 20.8 Å². The molecule has 0 aromatic carbocycles. The van der Waals surface area contributed by atoms with Gasteiger partial charge in [0.2, 0.25) is 5.91 Å². The van der Waals surface area contributed by atoms with E-state index in [1.165, 1.54) is 0 Å². The number of nitrogens with one attached hydrogen (secondary N) is 1. The average molecular weight is 230 g/mol. The standard InChI is InChI=1S/C11H22N2O3/c1-11(2,3)9(12)10(14)13-6-8-7-15-4-5-16-8/h8-9H,4-7,12H2,1-3H3,(H,13,14)/t8?,9-/m0/s1. The van der Waals surface area contributed by atoms with Crippen molar-refractivity contribution in [2.75, 3.05) is 26.4 Å². The normalized spacial score (nSPS) is 23.9. The summed E-state index contributed by atoms with van der Waals surface area (Å²) in [5.41, 5.74) is 5.60. The second kappa shape index (κ2) is 5.61. The molecule has 0 saturated carbocycles. The van der Waals surface area contributed by atoms with Crippen LogP contribution in [0.15, 0.2) is 0 Å². The van der Waals surface area contributed by atoms with Gasteiger partial charge in [-0.15, -0.1) is 0 Å². The first-order valence-electron chi connectivity index (χ1n) is 5.64. The third kappa shape index (κ3) is 4.08. The molecule has 0 radical (unpaired) electrons. The van der Waals surface area contributed by atoms with E-state index in [4.69, 9.17) is 15.2 Å². The second-order valence-corrected chi connectivity index (χ2v) is 5.16. The number of carbonyl (C=O) groups is 1. The van der Waals surface area contributed by atoms with E-state index >= 15 is 0 Å². The Morgan fingerprint density at radius 2 is 2.19 bits per heavy atom. The molecule has 0 aliphatic carbocycles. The number of nitrogens with two attached hydrogens (primary N) is 1. The van der Waals surface area contributed by atoms with Gasteiger partial charge < -0.3 is 20.5 Å². The lowest BCUT2D eigenvalue weighted by atomic mass is 9.87. The molecule has 16 heavy (non-hydrogen) atoms. The molecule has 1 aliphatic heterocycles. The fourth-order valence-electron chi connectivity index (χ4n) is 1.37. The molecule has 94 valence electrons. The van der Waals surface area contributed by atoms with Crippen molar-refractivity contribution < 1.29 is 14.3 Å². The van der Waals surface area contributed by atoms with Crippen LogP contribution < -0.4 is 11.1 Å². The summed E-state index contributed by atoms with van der Waals surface area (Å²) in [5, 5.41) is 2.79. The van der Waals surface area contributed by atoms with Gasteiger partial charge in [0, 0.05) is 6.54 Å². The van der Waals surface area contributed by atoms with Gasteiger partial charge in [-0.3, -0.25) is 4.79 Å². The fraction of sp³-hybridized carbons (Fsp3) is 0.909. The van der Waals surface area contributed by atoms with Crippen LogP contribution in [0.4, 0.5) is 0 Å². The van der Waals surface area contributed by atoms with Gasteiger partial charge in [0.25, 0.3) is 0 Å². The lowest BCUT2D eigenvalue weighted by Gasteiger charge is -2.28. The maximum atomic E-state index is 11.7. The Morgan fingerprint density at radius 1 is 1.50 bits per heavy atom. The molecule has 0 aromatic heterocycles. The minimum atomic E-state index is -0.503. The smallest absolute Gasteiger partial charge is 0.237 e. The highest BCUT2D eigenvalue weighted by molar-refractivity contribution is 5.82. The van der Waals surface area contributed by atoms with E-state index < -0.39 is 6.04 Å². The zero-order valence-electron chi connectivity index (χ0n) is 10.3. The van der Waals surface area contributed by atoms with Crippen molar-refractivity contribution in [2.45, 2.75) is 32.9 Å². The van der Waals surface area contributed by atoms with Crippen molar-refractivity contribution in [2.24, 2.45) is 11.1 Å². The Labute approximate surface area is 96.7 Å². The Kier molecular flexibility index (Phi) is 4.70. The zero-order valence-corrected chi connectivity index (χ0v) is 10.3. The van der Waals surface area contributed by atoms with Gasteiger partial charge in [-0.25, -0.2) is 0 Å². The van der Waals surface area contributed by atoms with Crippen molar-refractivity contribution in [3.63, 3.8) is 0 Å². The summed E-state index contributed by atoms with van der Waals surface area (Å²) in [7, 11) is 0. The van der Waals surface area contributed by atoms with Crippen molar-refractivity contribution in [1.82, 2.24) is 5.32 Å². The summed E-state index contributed by atoms with van der Waals surface area (Å²) in [4.78, 5) is 11.7. The molecule has 0 aromatic rings. The molecule has 5 heteroatoms. The Hall–Kier alpha value is -0.650. The van der Waals surface area contributed by atoms with Crippen molar-refractivity contribution >= 4 is 5.91 Å². The first-order valence-corrected chi connectivity index (χ1v) is 5.64. The molecule has 1 fully saturated rings. The third-order valence-corrected chi connectivity index (χ3v) is 2.60. The number of hydrogen-bond acceptors (Lipinski definition) is 4. The molecular weight excluding hydrogens is 208 g/mol. The molecule has 1 saturated heterocycles. The molecule has 5 nitrogen and oxygen atoms in total. The lowest BCUT2D eigenvalue weighted by Crippen LogP contribution is -2.51. The van der Waals surface area contributed by atoms with E-state index in [9.17, 15) is 4.79 Å². The van der Waals surface area contributed by atoms with Crippen molar-refractivity contribution in [3.8, 4) is 0 Å². The molecule has 0 spiro atoms. The number of amides is 1. The Morgan fingerprint density at radius 3 is 2.69 bits per heavy atom. The highest BCUT2D eigenvalue weighted by atomic mass is 16.6. The third-order valence-electron chi connectivity index (χ3n) is 2.60. The molecule has 1 unspecified atom stereocenters. The summed E-state index contributed by atoms with van der Waals surface area (Å²) < 4.78 is 10.6. The Balaban J connectivity index is 2.29. The van der Waals surface area contributed by atoms with Gasteiger partial charge in [0.05, 0.1) is 32.0 Å². The highest BCUT2D eigenvalue weighted by Gasteiger charge is 2.27. The maximum Gasteiger partial charge on any atom is 0.237 e. The molecular formula is C11H22N2O3. The SMILES string of the molecule is CC(C)(C)[C@@H](N)C(=O)NCC1COCCO1. The Bertz CT molecular complexity index is 232. The number of ether oxygens (including phenoxy) is 2. The predicted molar refractivity (Wildman–Crippen MR) is 61.0 cm³/mol. The van der Waals surface area contributed by atoms with E-state index in [1.807, 2.05) is 20.8 Å². The van der Waals surface area contributed by atoms with Crippen LogP contribution in [-0.2, 0) is 14.3 Å². The van der Waals surface area contributed by atoms with Crippen LogP contribution in [0, 0.1) is 5.41 Å². The number of hydrogen-bond donors (Lipinski definition) is 2. The second-order valence-electron chi connectivity index (χ2n) is 5.16. The van der Waals surface area contributed by atoms with E-state index in [2.05, 4.69) is 5.32 Å². The number of carbonyl (C=O) groups excluding carboxylic acids is 1. The van der Waals surface area contributed by atoms with Crippen molar-refractivity contribution in [3.05, 3.63) is 0 Å². The predicted octanol–water partition coefficient (Wildman–Crippen LogP) is -0.109. The zero-order chi connectivity index (χ0) is 12.2. The van der Waals surface area contributed by atoms with Gasteiger partial charge in [-0.2, -0.15) is 0 Å². The van der Waals surface area contributed by atoms with E-state index in [0.29, 0.717) is 26.4 Å². The average Bonchev–Trinajstić information content (AvgIpc) is 2.25. The topological polar surface area (TPSA) is 73.6 Å². The van der Waals surface area contributed by atoms with Crippen LogP contribution in [0.5, 0.6) is 0 Å². The van der Waals surface area contributed by atoms with Gasteiger partial charge in [0.15, 0.2) is 0 Å². The van der Waals surface area contributed by atoms with Gasteiger partial charge in [0.1, 0.15) is 0 Å². The van der Waals surface area contributed by atoms with Crippen molar-refractivity contribution in [1.29, 1.82) is 0 Å². The van der Waals surface area contributed by atoms with Gasteiger partial charge >= 0.3 is 0 Å². The van der Waals surface area contributed by atoms with Crippen LogP contribution in [0.25, 0.3) is 0 Å². The highest BCUT2D eigenvalue weighted by Crippen LogP contribution is 2.17. The van der Waals surface area contributed by atoms with E-state index in [1.54, 1.807) is 0 Å². The maximum absolute atomic E-state index is 11.7. The van der Waals surface area contributed by atoms with E-state index in [0.717, 1.165) is 0 Å². The molecule has 1 heterocycles. The molecule has 1 amide bonds. The van der Waals surface area contributed by atoms with Gasteiger partial charge in [-0.05, 0) is 5.41 Å². The van der Waals surface area contributed by atoms with Gasteiger partial charge in [-0.1, -0.05) is 20.8 Å². The van der Waals surface area contributed by atoms with Crippen LogP contribution in [0.2, 0.25) is 0 Å². The summed E-state index contributed by atoms with van der Waals surface area (Å²) in [6.45, 7) is 8.04. The molecule has 0 bridgehead atoms. The number of rotatable bonds is 3. The quantitative estimate of drug-likeness (QED) is 0.709. The fourth-order valence-corrected chi connectivity index (χ4v) is 1.37. The molecule has 3 N–H and O–H groups in total. The minimum absolute atomic E-state index is 0.0510. The summed E-state index contributed by atoms with van der Waals surface area (Å²) in [5.74, 6) is -0.137. The largest absolute Gasteiger partial charge is 0.376 e. The summed E-state index contributed by atoms with van der Waals surface area (Å²) >= 11 is 0. The molecule has 1 rings (SSSR count). The first-order chi connectivity index (χ1) is 7.41. The minimum Gasteiger partial charge on any atom is -0.376 e. The van der Waals surface area contributed by atoms with Crippen LogP contribution in [0.3, 0.4) is 0 Å². The van der Waals surface area contributed by atoms with Crippen LogP contribution in [-0.4, -0.2) is 44.4 Å². The molecule has 2 atom stereocenters. The monoisotopic (exact) mass is 230 g/mol. The first kappa shape index (κ1) is 13.4. The summed E-state index contributed by atoms with van der Waals surface area (Å²) in [6.07, 6.45) is -0.0510. The van der Waals surface area contributed by atoms with Crippen LogP contribution >= 0.6 is 0 Å². The molecule has 1 aliphatic rings. The summed E-state index contributed by atoms with van der Waals surface area (Å²) in [6, 6.07) is -0.503. The van der Waals surface area contributed by atoms with E-state index in [-0.39, 0.29) is 17.4 Å².